The number of rotatable bonds is 4. The topological polar surface area (TPSA) is 127 Å². The smallest absolute Gasteiger partial charge is 0.238 e. The summed E-state index contributed by atoms with van der Waals surface area (Å²) in [6.45, 7) is 0.481. The van der Waals surface area contributed by atoms with Gasteiger partial charge in [0.05, 0.1) is 22.5 Å². The second kappa shape index (κ2) is 4.67. The highest BCUT2D eigenvalue weighted by Crippen LogP contribution is 2.22. The molecule has 0 saturated heterocycles. The summed E-state index contributed by atoms with van der Waals surface area (Å²) in [6.07, 6.45) is 3.39. The van der Waals surface area contributed by atoms with Gasteiger partial charge in [0, 0.05) is 18.3 Å². The minimum Gasteiger partial charge on any atom is -0.397 e. The quantitative estimate of drug-likeness (QED) is 0.590. The third kappa shape index (κ3) is 2.79. The van der Waals surface area contributed by atoms with Crippen LogP contribution in [0.2, 0.25) is 0 Å². The number of primary sulfonamides is 1. The number of anilines is 2. The van der Waals surface area contributed by atoms with Gasteiger partial charge in [0.1, 0.15) is 0 Å². The van der Waals surface area contributed by atoms with E-state index in [1.807, 2.05) is 0 Å². The standard InChI is InChI=1S/C10H13N5O2S/c11-9-2-1-8(18(12,16)17)3-10(9)13-4-7-5-14-15-6-7/h1-3,5-6,13H,4,11H2,(H,14,15)(H2,12,16,17). The van der Waals surface area contributed by atoms with Crippen molar-refractivity contribution in [2.24, 2.45) is 5.14 Å². The number of nitrogens with zero attached hydrogens (tertiary/aromatic N) is 1. The van der Waals surface area contributed by atoms with Gasteiger partial charge in [-0.15, -0.1) is 0 Å². The van der Waals surface area contributed by atoms with Crippen molar-refractivity contribution in [2.45, 2.75) is 11.4 Å². The van der Waals surface area contributed by atoms with Crippen LogP contribution >= 0.6 is 0 Å². The van der Waals surface area contributed by atoms with Crippen molar-refractivity contribution in [3.8, 4) is 0 Å². The summed E-state index contributed by atoms with van der Waals surface area (Å²) in [7, 11) is -3.73. The number of nitrogens with one attached hydrogen (secondary N) is 2. The summed E-state index contributed by atoms with van der Waals surface area (Å²) >= 11 is 0. The highest BCUT2D eigenvalue weighted by Gasteiger charge is 2.10. The molecule has 1 aromatic heterocycles. The van der Waals surface area contributed by atoms with Crippen molar-refractivity contribution >= 4 is 21.4 Å². The molecular weight excluding hydrogens is 254 g/mol. The molecule has 0 atom stereocenters. The van der Waals surface area contributed by atoms with Crippen LogP contribution in [0.5, 0.6) is 0 Å². The molecule has 2 rings (SSSR count). The molecule has 0 aliphatic rings. The molecule has 0 radical (unpaired) electrons. The summed E-state index contributed by atoms with van der Waals surface area (Å²) in [4.78, 5) is 0.0198. The van der Waals surface area contributed by atoms with Crippen molar-refractivity contribution in [1.29, 1.82) is 0 Å². The maximum atomic E-state index is 11.2. The van der Waals surface area contributed by atoms with E-state index in [-0.39, 0.29) is 4.90 Å². The van der Waals surface area contributed by atoms with Crippen LogP contribution in [0.15, 0.2) is 35.5 Å². The molecule has 0 unspecified atom stereocenters. The molecule has 0 spiro atoms. The van der Waals surface area contributed by atoms with Crippen molar-refractivity contribution in [3.63, 3.8) is 0 Å². The monoisotopic (exact) mass is 267 g/mol. The van der Waals surface area contributed by atoms with Crippen molar-refractivity contribution < 1.29 is 8.42 Å². The van der Waals surface area contributed by atoms with Gasteiger partial charge in [0.25, 0.3) is 0 Å². The van der Waals surface area contributed by atoms with Gasteiger partial charge in [0.2, 0.25) is 10.0 Å². The van der Waals surface area contributed by atoms with Crippen LogP contribution in [0.1, 0.15) is 5.56 Å². The van der Waals surface area contributed by atoms with E-state index in [4.69, 9.17) is 10.9 Å². The van der Waals surface area contributed by atoms with Gasteiger partial charge in [-0.1, -0.05) is 0 Å². The molecule has 1 heterocycles. The number of nitrogen functional groups attached to an aromatic ring is 1. The maximum Gasteiger partial charge on any atom is 0.238 e. The predicted molar refractivity (Wildman–Crippen MR) is 68.1 cm³/mol. The number of sulfonamides is 1. The first kappa shape index (κ1) is 12.4. The Morgan fingerprint density at radius 1 is 1.39 bits per heavy atom. The van der Waals surface area contributed by atoms with Crippen LogP contribution in [0.25, 0.3) is 0 Å². The van der Waals surface area contributed by atoms with Gasteiger partial charge >= 0.3 is 0 Å². The Balaban J connectivity index is 2.22. The van der Waals surface area contributed by atoms with Crippen LogP contribution in [0.4, 0.5) is 11.4 Å². The summed E-state index contributed by atoms with van der Waals surface area (Å²) in [6, 6.07) is 4.27. The average molecular weight is 267 g/mol. The van der Waals surface area contributed by atoms with Gasteiger partial charge in [-0.2, -0.15) is 5.10 Å². The Morgan fingerprint density at radius 2 is 2.17 bits per heavy atom. The zero-order chi connectivity index (χ0) is 13.2. The Hall–Kier alpha value is -2.06. The van der Waals surface area contributed by atoms with Crippen LogP contribution in [-0.2, 0) is 16.6 Å². The van der Waals surface area contributed by atoms with Gasteiger partial charge in [-0.3, -0.25) is 5.10 Å². The molecule has 7 nitrogen and oxygen atoms in total. The first-order chi connectivity index (χ1) is 8.47. The van der Waals surface area contributed by atoms with Crippen LogP contribution in [0, 0.1) is 0 Å². The van der Waals surface area contributed by atoms with Gasteiger partial charge in [0.15, 0.2) is 0 Å². The molecule has 0 bridgehead atoms. The molecule has 0 amide bonds. The van der Waals surface area contributed by atoms with E-state index in [0.29, 0.717) is 17.9 Å². The van der Waals surface area contributed by atoms with Crippen LogP contribution in [0.3, 0.4) is 0 Å². The highest BCUT2D eigenvalue weighted by atomic mass is 32.2. The second-order valence-corrected chi connectivity index (χ2v) is 5.32. The summed E-state index contributed by atoms with van der Waals surface area (Å²) < 4.78 is 22.4. The van der Waals surface area contributed by atoms with Crippen molar-refractivity contribution in [1.82, 2.24) is 10.2 Å². The lowest BCUT2D eigenvalue weighted by molar-refractivity contribution is 0.598. The van der Waals surface area contributed by atoms with E-state index in [2.05, 4.69) is 15.5 Å². The Kier molecular flexibility index (Phi) is 3.21. The fourth-order valence-corrected chi connectivity index (χ4v) is 1.98. The summed E-state index contributed by atoms with van der Waals surface area (Å²) in [5, 5.41) is 14.6. The first-order valence-electron chi connectivity index (χ1n) is 5.10. The number of aromatic amines is 1. The average Bonchev–Trinajstić information content (AvgIpc) is 2.79. The van der Waals surface area contributed by atoms with E-state index in [9.17, 15) is 8.42 Å². The zero-order valence-electron chi connectivity index (χ0n) is 9.42. The lowest BCUT2D eigenvalue weighted by Crippen LogP contribution is -2.13. The number of aromatic nitrogens is 2. The number of hydrogen-bond acceptors (Lipinski definition) is 5. The van der Waals surface area contributed by atoms with Crippen molar-refractivity contribution in [2.75, 3.05) is 11.1 Å². The molecule has 0 fully saturated rings. The van der Waals surface area contributed by atoms with Gasteiger partial charge in [-0.25, -0.2) is 13.6 Å². The third-order valence-electron chi connectivity index (χ3n) is 2.39. The lowest BCUT2D eigenvalue weighted by Gasteiger charge is -2.09. The molecule has 18 heavy (non-hydrogen) atoms. The number of hydrogen-bond donors (Lipinski definition) is 4. The molecule has 96 valence electrons. The van der Waals surface area contributed by atoms with E-state index < -0.39 is 10.0 Å². The van der Waals surface area contributed by atoms with Crippen LogP contribution < -0.4 is 16.2 Å². The second-order valence-electron chi connectivity index (χ2n) is 3.75. The fraction of sp³-hybridized carbons (Fsp3) is 0.100. The first-order valence-corrected chi connectivity index (χ1v) is 6.65. The number of nitrogens with two attached hydrogens (primary N) is 2. The van der Waals surface area contributed by atoms with E-state index >= 15 is 0 Å². The maximum absolute atomic E-state index is 11.2. The fourth-order valence-electron chi connectivity index (χ4n) is 1.44. The third-order valence-corrected chi connectivity index (χ3v) is 3.30. The molecule has 8 heteroatoms. The largest absolute Gasteiger partial charge is 0.397 e. The van der Waals surface area contributed by atoms with Gasteiger partial charge in [-0.05, 0) is 18.2 Å². The Bertz CT molecular complexity index is 636. The van der Waals surface area contributed by atoms with E-state index in [0.717, 1.165) is 5.56 Å². The summed E-state index contributed by atoms with van der Waals surface area (Å²) in [5.74, 6) is 0. The lowest BCUT2D eigenvalue weighted by atomic mass is 10.2. The molecule has 0 aliphatic heterocycles. The molecule has 6 N–H and O–H groups in total. The van der Waals surface area contributed by atoms with Crippen molar-refractivity contribution in [3.05, 3.63) is 36.2 Å². The SMILES string of the molecule is Nc1ccc(S(N)(=O)=O)cc1NCc1cn[nH]c1. The predicted octanol–water partition coefficient (Wildman–Crippen LogP) is 0.251. The summed E-state index contributed by atoms with van der Waals surface area (Å²) in [5.41, 5.74) is 7.64. The molecule has 0 saturated carbocycles. The van der Waals surface area contributed by atoms with E-state index in [1.54, 1.807) is 12.4 Å². The minimum absolute atomic E-state index is 0.0198. The molecule has 1 aromatic carbocycles. The number of H-pyrrole nitrogens is 1. The molecule has 2 aromatic rings. The van der Waals surface area contributed by atoms with E-state index in [1.165, 1.54) is 18.2 Å². The minimum atomic E-state index is -3.73. The Morgan fingerprint density at radius 3 is 2.78 bits per heavy atom. The molecule has 0 aliphatic carbocycles. The van der Waals surface area contributed by atoms with Crippen LogP contribution in [-0.4, -0.2) is 18.6 Å². The molecular formula is C10H13N5O2S. The Labute approximate surface area is 104 Å². The zero-order valence-corrected chi connectivity index (χ0v) is 10.2. The normalized spacial score (nSPS) is 11.4. The number of benzene rings is 1. The highest BCUT2D eigenvalue weighted by molar-refractivity contribution is 7.89. The van der Waals surface area contributed by atoms with Gasteiger partial charge < -0.3 is 11.1 Å².